The highest BCUT2D eigenvalue weighted by Crippen LogP contribution is 2.49. The molecular weight excluding hydrogens is 468 g/mol. The highest BCUT2D eigenvalue weighted by Gasteiger charge is 2.58. The van der Waals surface area contributed by atoms with Gasteiger partial charge < -0.3 is 20.1 Å². The van der Waals surface area contributed by atoms with Gasteiger partial charge >= 0.3 is 0 Å². The Labute approximate surface area is 214 Å². The van der Waals surface area contributed by atoms with E-state index in [1.165, 1.54) is 0 Å². The van der Waals surface area contributed by atoms with Gasteiger partial charge in [-0.3, -0.25) is 0 Å². The van der Waals surface area contributed by atoms with Crippen LogP contribution in [0.25, 0.3) is 16.6 Å². The summed E-state index contributed by atoms with van der Waals surface area (Å²) in [5.74, 6) is 3.14. The lowest BCUT2D eigenvalue weighted by molar-refractivity contribution is 0.0283. The van der Waals surface area contributed by atoms with Crippen LogP contribution < -0.4 is 15.0 Å². The predicted octanol–water partition coefficient (Wildman–Crippen LogP) is 3.14. The van der Waals surface area contributed by atoms with Gasteiger partial charge in [0.05, 0.1) is 29.1 Å². The Morgan fingerprint density at radius 3 is 2.70 bits per heavy atom. The maximum Gasteiger partial charge on any atom is 0.222 e. The summed E-state index contributed by atoms with van der Waals surface area (Å²) in [4.78, 5) is 15.7. The first-order valence-electron chi connectivity index (χ1n) is 12.4. The van der Waals surface area contributed by atoms with Crippen LogP contribution in [0.3, 0.4) is 0 Å². The molecule has 0 spiro atoms. The molecule has 1 aliphatic carbocycles. The Balaban J connectivity index is 1.22. The summed E-state index contributed by atoms with van der Waals surface area (Å²) in [6.45, 7) is 6.68. The Kier molecular flexibility index (Phi) is 5.46. The lowest BCUT2D eigenvalue weighted by Gasteiger charge is -2.64. The normalized spacial score (nSPS) is 22.5. The van der Waals surface area contributed by atoms with Crippen LogP contribution in [-0.4, -0.2) is 60.5 Å². The number of nitrogens with zero attached hydrogens (tertiary/aromatic N) is 7. The lowest BCUT2D eigenvalue weighted by atomic mass is 9.59. The van der Waals surface area contributed by atoms with Gasteiger partial charge in [0.15, 0.2) is 0 Å². The summed E-state index contributed by atoms with van der Waals surface area (Å²) in [5.41, 5.74) is 1.85. The molecule has 1 unspecified atom stereocenters. The van der Waals surface area contributed by atoms with E-state index in [4.69, 9.17) is 9.72 Å². The van der Waals surface area contributed by atoms with Crippen LogP contribution in [-0.2, 0) is 0 Å². The van der Waals surface area contributed by atoms with Crippen molar-refractivity contribution in [1.29, 1.82) is 5.26 Å². The molecule has 37 heavy (non-hydrogen) atoms. The average molecular weight is 497 g/mol. The lowest BCUT2D eigenvalue weighted by Crippen LogP contribution is -2.76. The number of piperidine rings is 1. The minimum atomic E-state index is -0.976. The van der Waals surface area contributed by atoms with Crippen LogP contribution in [0.15, 0.2) is 55.2 Å². The van der Waals surface area contributed by atoms with Crippen LogP contribution in [0, 0.1) is 23.2 Å². The summed E-state index contributed by atoms with van der Waals surface area (Å²) >= 11 is 0. The average Bonchev–Trinajstić information content (AvgIpc) is 3.30. The first-order valence-corrected chi connectivity index (χ1v) is 12.4. The number of rotatable bonds is 7. The van der Waals surface area contributed by atoms with E-state index in [1.54, 1.807) is 43.2 Å². The van der Waals surface area contributed by atoms with Crippen molar-refractivity contribution < 1.29 is 9.84 Å². The van der Waals surface area contributed by atoms with Crippen LogP contribution >= 0.6 is 0 Å². The molecule has 0 radical (unpaired) electrons. The number of nitriles is 1. The van der Waals surface area contributed by atoms with Crippen molar-refractivity contribution in [2.45, 2.75) is 38.5 Å². The molecule has 188 valence electrons. The molecule has 0 aromatic carbocycles. The second kappa shape index (κ2) is 8.71. The molecule has 10 nitrogen and oxygen atoms in total. The second-order valence-corrected chi connectivity index (χ2v) is 10.5. The van der Waals surface area contributed by atoms with Gasteiger partial charge in [-0.05, 0) is 44.0 Å². The molecule has 2 fully saturated rings. The highest BCUT2D eigenvalue weighted by atomic mass is 16.5. The van der Waals surface area contributed by atoms with Crippen molar-refractivity contribution in [2.75, 3.05) is 23.4 Å². The largest absolute Gasteiger partial charge is 0.489 e. The Hall–Kier alpha value is -4.23. The molecule has 5 heterocycles. The number of aliphatic hydroxyl groups is 1. The maximum absolute atomic E-state index is 10.1. The van der Waals surface area contributed by atoms with Crippen LogP contribution in [0.2, 0.25) is 0 Å². The Morgan fingerprint density at radius 1 is 1.22 bits per heavy atom. The van der Waals surface area contributed by atoms with Gasteiger partial charge in [0.25, 0.3) is 0 Å². The number of fused-ring (bicyclic) bond motifs is 2. The molecule has 4 aromatic heterocycles. The first kappa shape index (κ1) is 23.2. The third-order valence-corrected chi connectivity index (χ3v) is 7.29. The zero-order valence-corrected chi connectivity index (χ0v) is 20.9. The number of anilines is 2. The highest BCUT2D eigenvalue weighted by molar-refractivity contribution is 5.85. The van der Waals surface area contributed by atoms with Crippen LogP contribution in [0.4, 0.5) is 11.8 Å². The fraction of sp³-hybridized carbons (Fsp3) is 0.370. The summed E-state index contributed by atoms with van der Waals surface area (Å²) in [5, 5.41) is 27.5. The SMILES string of the molecule is C[C@@H]1C2[C@@H](CN2c2ccc(-c3cc(OCC(C)(C)O)cn4ncc(C#N)c34)cn2)[C@H]1Nc1ncccn1. The van der Waals surface area contributed by atoms with Gasteiger partial charge in [-0.25, -0.2) is 19.5 Å². The van der Waals surface area contributed by atoms with Crippen molar-refractivity contribution in [3.8, 4) is 22.9 Å². The minimum absolute atomic E-state index is 0.128. The number of hydrogen-bond donors (Lipinski definition) is 2. The third kappa shape index (κ3) is 4.11. The summed E-state index contributed by atoms with van der Waals surface area (Å²) < 4.78 is 7.47. The van der Waals surface area contributed by atoms with E-state index in [2.05, 4.69) is 38.3 Å². The number of pyridine rings is 2. The molecular formula is C27H28N8O2. The van der Waals surface area contributed by atoms with E-state index >= 15 is 0 Å². The van der Waals surface area contributed by atoms with Crippen LogP contribution in [0.1, 0.15) is 26.3 Å². The quantitative estimate of drug-likeness (QED) is 0.397. The van der Waals surface area contributed by atoms with E-state index in [-0.39, 0.29) is 6.61 Å². The fourth-order valence-corrected chi connectivity index (χ4v) is 5.47. The van der Waals surface area contributed by atoms with E-state index in [0.717, 1.165) is 23.5 Å². The van der Waals surface area contributed by atoms with Crippen molar-refractivity contribution in [3.05, 3.63) is 60.8 Å². The number of hydrogen-bond acceptors (Lipinski definition) is 9. The van der Waals surface area contributed by atoms with Crippen LogP contribution in [0.5, 0.6) is 5.75 Å². The molecule has 2 aliphatic rings. The molecule has 2 N–H and O–H groups in total. The molecule has 4 aromatic rings. The second-order valence-electron chi connectivity index (χ2n) is 10.5. The fourth-order valence-electron chi connectivity index (χ4n) is 5.47. The molecule has 1 aliphatic heterocycles. The minimum Gasteiger partial charge on any atom is -0.489 e. The van der Waals surface area contributed by atoms with Crippen molar-refractivity contribution in [1.82, 2.24) is 24.6 Å². The van der Waals surface area contributed by atoms with Gasteiger partial charge in [0.2, 0.25) is 5.95 Å². The van der Waals surface area contributed by atoms with Gasteiger partial charge in [0, 0.05) is 54.3 Å². The molecule has 10 heteroatoms. The van der Waals surface area contributed by atoms with Gasteiger partial charge in [-0.15, -0.1) is 0 Å². The van der Waals surface area contributed by atoms with E-state index < -0.39 is 5.60 Å². The Morgan fingerprint density at radius 2 is 2.03 bits per heavy atom. The topological polar surface area (TPSA) is 124 Å². The first-order chi connectivity index (χ1) is 17.8. The van der Waals surface area contributed by atoms with Crippen molar-refractivity contribution in [2.24, 2.45) is 11.8 Å². The summed E-state index contributed by atoms with van der Waals surface area (Å²) in [7, 11) is 0. The summed E-state index contributed by atoms with van der Waals surface area (Å²) in [6.07, 6.45) is 8.60. The number of nitrogens with one attached hydrogen (secondary N) is 1. The molecule has 0 amide bonds. The van der Waals surface area contributed by atoms with Crippen molar-refractivity contribution in [3.63, 3.8) is 0 Å². The van der Waals surface area contributed by atoms with Gasteiger partial charge in [0.1, 0.15) is 24.2 Å². The van der Waals surface area contributed by atoms with E-state index in [0.29, 0.717) is 46.7 Å². The standard InChI is InChI=1S/C27H28N8O2/c1-16-23(33-26-29-7-4-8-30-26)21-14-34(24(16)21)22-6-5-17(11-31-22)20-9-19(37-15-27(2,3)36)13-35-25(20)18(10-28)12-32-35/h4-9,11-13,16,21,23-24,36H,14-15H2,1-3H3,(H,29,30,33)/t16-,21-,23-,24?/m0/s1. The smallest absolute Gasteiger partial charge is 0.222 e. The summed E-state index contributed by atoms with van der Waals surface area (Å²) in [6, 6.07) is 10.8. The molecule has 1 saturated heterocycles. The van der Waals surface area contributed by atoms with Gasteiger partial charge in [-0.1, -0.05) is 6.92 Å². The monoisotopic (exact) mass is 496 g/mol. The predicted molar refractivity (Wildman–Crippen MR) is 138 cm³/mol. The molecule has 6 rings (SSSR count). The molecule has 0 bridgehead atoms. The Bertz CT molecular complexity index is 1470. The molecule has 4 atom stereocenters. The number of aromatic nitrogens is 5. The zero-order valence-electron chi connectivity index (χ0n) is 20.9. The van der Waals surface area contributed by atoms with E-state index in [1.807, 2.05) is 30.5 Å². The van der Waals surface area contributed by atoms with Crippen molar-refractivity contribution >= 4 is 17.3 Å². The maximum atomic E-state index is 10.1. The zero-order chi connectivity index (χ0) is 25.7. The third-order valence-electron chi connectivity index (χ3n) is 7.29. The van der Waals surface area contributed by atoms with Gasteiger partial charge in [-0.2, -0.15) is 10.4 Å². The number of ether oxygens (including phenoxy) is 1. The molecule has 1 saturated carbocycles. The van der Waals surface area contributed by atoms with E-state index in [9.17, 15) is 10.4 Å².